The maximum Gasteiger partial charge on any atom is 0.0646 e. The van der Waals surface area contributed by atoms with Crippen molar-refractivity contribution in [3.05, 3.63) is 59.1 Å². The predicted molar refractivity (Wildman–Crippen MR) is 76.6 cm³/mol. The Morgan fingerprint density at radius 1 is 1.12 bits per heavy atom. The van der Waals surface area contributed by atoms with E-state index in [9.17, 15) is 0 Å². The van der Waals surface area contributed by atoms with Gasteiger partial charge < -0.3 is 5.73 Å². The molecule has 0 aliphatic rings. The maximum atomic E-state index is 6.00. The summed E-state index contributed by atoms with van der Waals surface area (Å²) >= 11 is 7.78. The molecule has 0 aromatic heterocycles. The van der Waals surface area contributed by atoms with Crippen LogP contribution in [0.15, 0.2) is 53.4 Å². The van der Waals surface area contributed by atoms with E-state index >= 15 is 0 Å². The fourth-order valence-electron chi connectivity index (χ4n) is 1.58. The van der Waals surface area contributed by atoms with Crippen molar-refractivity contribution in [1.29, 1.82) is 0 Å². The lowest BCUT2D eigenvalue weighted by atomic mass is 10.2. The molecule has 3 heteroatoms. The molecule has 1 atom stereocenters. The van der Waals surface area contributed by atoms with Gasteiger partial charge in [-0.1, -0.05) is 41.9 Å². The Labute approximate surface area is 111 Å². The van der Waals surface area contributed by atoms with Crippen LogP contribution in [0.2, 0.25) is 5.02 Å². The second-order valence-electron chi connectivity index (χ2n) is 3.85. The van der Waals surface area contributed by atoms with Gasteiger partial charge in [-0.05, 0) is 30.7 Å². The van der Waals surface area contributed by atoms with Gasteiger partial charge in [0.15, 0.2) is 0 Å². The molecule has 2 aromatic carbocycles. The van der Waals surface area contributed by atoms with Crippen molar-refractivity contribution < 1.29 is 0 Å². The van der Waals surface area contributed by atoms with Crippen molar-refractivity contribution in [2.24, 2.45) is 0 Å². The van der Waals surface area contributed by atoms with E-state index in [2.05, 4.69) is 31.2 Å². The molecule has 2 rings (SSSR count). The molecule has 17 heavy (non-hydrogen) atoms. The number of benzene rings is 2. The Kier molecular flexibility index (Phi) is 3.97. The normalized spacial score (nSPS) is 12.4. The standard InChI is InChI=1S/C14H14ClNS/c1-10(11-5-3-2-4-6-11)17-12-7-8-14(16)13(15)9-12/h2-10H,16H2,1H3. The largest absolute Gasteiger partial charge is 0.398 e. The van der Waals surface area contributed by atoms with Crippen molar-refractivity contribution in [1.82, 2.24) is 0 Å². The second-order valence-corrected chi connectivity index (χ2v) is 5.68. The summed E-state index contributed by atoms with van der Waals surface area (Å²) in [7, 11) is 0. The van der Waals surface area contributed by atoms with Gasteiger partial charge in [-0.25, -0.2) is 0 Å². The Bertz CT molecular complexity index is 499. The molecule has 0 saturated heterocycles. The van der Waals surface area contributed by atoms with Crippen molar-refractivity contribution >= 4 is 29.1 Å². The van der Waals surface area contributed by atoms with Gasteiger partial charge >= 0.3 is 0 Å². The van der Waals surface area contributed by atoms with E-state index in [4.69, 9.17) is 17.3 Å². The number of nitrogen functional groups attached to an aromatic ring is 1. The minimum absolute atomic E-state index is 0.399. The highest BCUT2D eigenvalue weighted by atomic mass is 35.5. The number of hydrogen-bond acceptors (Lipinski definition) is 2. The van der Waals surface area contributed by atoms with Gasteiger partial charge in [0.1, 0.15) is 0 Å². The van der Waals surface area contributed by atoms with Crippen LogP contribution in [0.3, 0.4) is 0 Å². The number of halogens is 1. The molecule has 0 fully saturated rings. The third kappa shape index (κ3) is 3.18. The maximum absolute atomic E-state index is 6.00. The molecular formula is C14H14ClNS. The van der Waals surface area contributed by atoms with Crippen LogP contribution in [-0.2, 0) is 0 Å². The van der Waals surface area contributed by atoms with Crippen LogP contribution >= 0.6 is 23.4 Å². The van der Waals surface area contributed by atoms with Crippen LogP contribution < -0.4 is 5.73 Å². The zero-order chi connectivity index (χ0) is 12.3. The fraction of sp³-hybridized carbons (Fsp3) is 0.143. The highest BCUT2D eigenvalue weighted by Gasteiger charge is 2.07. The molecule has 1 nitrogen and oxygen atoms in total. The summed E-state index contributed by atoms with van der Waals surface area (Å²) in [6.07, 6.45) is 0. The zero-order valence-corrected chi connectivity index (χ0v) is 11.1. The summed E-state index contributed by atoms with van der Waals surface area (Å²) in [6.45, 7) is 2.18. The van der Waals surface area contributed by atoms with Crippen molar-refractivity contribution in [2.75, 3.05) is 5.73 Å². The Morgan fingerprint density at radius 2 is 1.82 bits per heavy atom. The van der Waals surface area contributed by atoms with E-state index in [0.717, 1.165) is 4.90 Å². The summed E-state index contributed by atoms with van der Waals surface area (Å²) in [6, 6.07) is 16.2. The highest BCUT2D eigenvalue weighted by molar-refractivity contribution is 7.99. The topological polar surface area (TPSA) is 26.0 Å². The quantitative estimate of drug-likeness (QED) is 0.637. The summed E-state index contributed by atoms with van der Waals surface area (Å²) in [5, 5.41) is 1.02. The van der Waals surface area contributed by atoms with Gasteiger partial charge in [0.25, 0.3) is 0 Å². The first-order valence-electron chi connectivity index (χ1n) is 5.43. The fourth-order valence-corrected chi connectivity index (χ4v) is 2.86. The molecule has 0 spiro atoms. The van der Waals surface area contributed by atoms with Crippen LogP contribution in [0.5, 0.6) is 0 Å². The summed E-state index contributed by atoms with van der Waals surface area (Å²) in [5.74, 6) is 0. The van der Waals surface area contributed by atoms with Crippen molar-refractivity contribution in [2.45, 2.75) is 17.1 Å². The first-order valence-corrected chi connectivity index (χ1v) is 6.69. The molecule has 0 amide bonds. The first kappa shape index (κ1) is 12.3. The average Bonchev–Trinajstić information content (AvgIpc) is 2.35. The van der Waals surface area contributed by atoms with E-state index in [0.29, 0.717) is 16.0 Å². The number of rotatable bonds is 3. The van der Waals surface area contributed by atoms with Gasteiger partial charge in [0, 0.05) is 10.1 Å². The Hall–Kier alpha value is -1.12. The molecule has 2 N–H and O–H groups in total. The van der Waals surface area contributed by atoms with Gasteiger partial charge in [0.2, 0.25) is 0 Å². The minimum atomic E-state index is 0.399. The van der Waals surface area contributed by atoms with E-state index in [1.807, 2.05) is 24.3 Å². The van der Waals surface area contributed by atoms with E-state index in [1.54, 1.807) is 11.8 Å². The van der Waals surface area contributed by atoms with Gasteiger partial charge in [-0.2, -0.15) is 0 Å². The number of nitrogens with two attached hydrogens (primary N) is 1. The van der Waals surface area contributed by atoms with Gasteiger partial charge in [-0.15, -0.1) is 11.8 Å². The Balaban J connectivity index is 2.13. The lowest BCUT2D eigenvalue weighted by molar-refractivity contribution is 1.10. The van der Waals surface area contributed by atoms with Crippen molar-refractivity contribution in [3.8, 4) is 0 Å². The van der Waals surface area contributed by atoms with Crippen LogP contribution in [0.1, 0.15) is 17.7 Å². The van der Waals surface area contributed by atoms with Crippen LogP contribution in [0.25, 0.3) is 0 Å². The SMILES string of the molecule is CC(Sc1ccc(N)c(Cl)c1)c1ccccc1. The predicted octanol–water partition coefficient (Wildman–Crippen LogP) is 4.78. The van der Waals surface area contributed by atoms with E-state index in [1.165, 1.54) is 5.56 Å². The summed E-state index contributed by atoms with van der Waals surface area (Å²) in [5.41, 5.74) is 7.63. The number of hydrogen-bond donors (Lipinski definition) is 1. The molecule has 88 valence electrons. The van der Waals surface area contributed by atoms with Crippen molar-refractivity contribution in [3.63, 3.8) is 0 Å². The average molecular weight is 264 g/mol. The number of anilines is 1. The van der Waals surface area contributed by atoms with Crippen LogP contribution in [0, 0.1) is 0 Å². The van der Waals surface area contributed by atoms with Gasteiger partial charge in [0.05, 0.1) is 10.7 Å². The highest BCUT2D eigenvalue weighted by Crippen LogP contribution is 2.36. The number of thioether (sulfide) groups is 1. The van der Waals surface area contributed by atoms with E-state index < -0.39 is 0 Å². The van der Waals surface area contributed by atoms with Crippen LogP contribution in [-0.4, -0.2) is 0 Å². The molecular weight excluding hydrogens is 250 g/mol. The molecule has 0 heterocycles. The molecule has 0 saturated carbocycles. The molecule has 0 aliphatic heterocycles. The third-order valence-electron chi connectivity index (χ3n) is 2.55. The second kappa shape index (κ2) is 5.48. The van der Waals surface area contributed by atoms with Gasteiger partial charge in [-0.3, -0.25) is 0 Å². The summed E-state index contributed by atoms with van der Waals surface area (Å²) < 4.78 is 0. The molecule has 0 radical (unpaired) electrons. The van der Waals surface area contributed by atoms with Crippen LogP contribution in [0.4, 0.5) is 5.69 Å². The third-order valence-corrected chi connectivity index (χ3v) is 4.03. The Morgan fingerprint density at radius 3 is 2.47 bits per heavy atom. The monoisotopic (exact) mass is 263 g/mol. The minimum Gasteiger partial charge on any atom is -0.398 e. The lowest BCUT2D eigenvalue weighted by Crippen LogP contribution is -1.89. The van der Waals surface area contributed by atoms with E-state index in [-0.39, 0.29) is 0 Å². The zero-order valence-electron chi connectivity index (χ0n) is 9.56. The lowest BCUT2D eigenvalue weighted by Gasteiger charge is -2.12. The molecule has 2 aromatic rings. The molecule has 1 unspecified atom stereocenters. The molecule has 0 bridgehead atoms. The smallest absolute Gasteiger partial charge is 0.0646 e. The summed E-state index contributed by atoms with van der Waals surface area (Å²) in [4.78, 5) is 1.14. The first-order chi connectivity index (χ1) is 8.16. The molecule has 0 aliphatic carbocycles.